The second-order valence-corrected chi connectivity index (χ2v) is 5.96. The van der Waals surface area contributed by atoms with E-state index in [1.807, 2.05) is 19.1 Å². The van der Waals surface area contributed by atoms with Gasteiger partial charge in [-0.25, -0.2) is 0 Å². The maximum atomic E-state index is 12.1. The summed E-state index contributed by atoms with van der Waals surface area (Å²) in [5, 5.41) is 0. The first-order valence-electron chi connectivity index (χ1n) is 6.38. The molecule has 96 valence electrons. The third kappa shape index (κ3) is 4.60. The maximum absolute atomic E-state index is 12.1. The van der Waals surface area contributed by atoms with Gasteiger partial charge in [0.15, 0.2) is 5.78 Å². The molecule has 0 saturated carbocycles. The normalized spacial score (nSPS) is 13.0. The smallest absolute Gasteiger partial charge is 0.186 e. The molecule has 3 heteroatoms. The molecule has 0 saturated heterocycles. The second-order valence-electron chi connectivity index (χ2n) is 4.67. The van der Waals surface area contributed by atoms with Gasteiger partial charge in [0.1, 0.15) is 0 Å². The average Bonchev–Trinajstić information content (AvgIpc) is 2.74. The number of ketones is 1. The lowest BCUT2D eigenvalue weighted by molar-refractivity contribution is 0.0928. The van der Waals surface area contributed by atoms with E-state index < -0.39 is 0 Å². The van der Waals surface area contributed by atoms with Crippen LogP contribution in [0.5, 0.6) is 0 Å². The van der Waals surface area contributed by atoms with Crippen LogP contribution in [0.2, 0.25) is 0 Å². The molecule has 1 aromatic heterocycles. The van der Waals surface area contributed by atoms with Crippen molar-refractivity contribution in [2.75, 3.05) is 19.6 Å². The van der Waals surface area contributed by atoms with Crippen LogP contribution in [0.3, 0.4) is 0 Å². The fraction of sp³-hybridized carbons (Fsp3) is 0.643. The summed E-state index contributed by atoms with van der Waals surface area (Å²) in [5.74, 6) is 0.918. The molecule has 0 aliphatic rings. The van der Waals surface area contributed by atoms with Crippen molar-refractivity contribution in [3.63, 3.8) is 0 Å². The van der Waals surface area contributed by atoms with E-state index in [9.17, 15) is 4.79 Å². The predicted octanol–water partition coefficient (Wildman–Crippen LogP) is 3.61. The lowest BCUT2D eigenvalue weighted by atomic mass is 10.1. The van der Waals surface area contributed by atoms with E-state index in [1.54, 1.807) is 11.3 Å². The third-order valence-corrected chi connectivity index (χ3v) is 4.14. The molecule has 1 aromatic rings. The molecule has 0 radical (unpaired) electrons. The number of hydrogen-bond acceptors (Lipinski definition) is 3. The van der Waals surface area contributed by atoms with Crippen LogP contribution in [-0.4, -0.2) is 30.3 Å². The number of thiophene rings is 1. The lowest BCUT2D eigenvalue weighted by Crippen LogP contribution is -2.33. The largest absolute Gasteiger partial charge is 0.296 e. The Labute approximate surface area is 109 Å². The molecule has 0 N–H and O–H groups in total. The number of carbonyl (C=O) groups is 1. The van der Waals surface area contributed by atoms with Crippen molar-refractivity contribution in [1.29, 1.82) is 0 Å². The van der Waals surface area contributed by atoms with Crippen LogP contribution in [0.25, 0.3) is 0 Å². The van der Waals surface area contributed by atoms with Crippen molar-refractivity contribution < 1.29 is 4.79 Å². The monoisotopic (exact) mass is 253 g/mol. The van der Waals surface area contributed by atoms with Gasteiger partial charge in [-0.2, -0.15) is 0 Å². The van der Waals surface area contributed by atoms with Crippen LogP contribution >= 0.6 is 11.3 Å². The van der Waals surface area contributed by atoms with E-state index in [-0.39, 0.29) is 5.78 Å². The molecule has 0 aliphatic carbocycles. The molecular weight excluding hydrogens is 230 g/mol. The Balaban J connectivity index is 2.53. The third-order valence-electron chi connectivity index (χ3n) is 3.10. The molecular formula is C14H23NOS. The SMILES string of the molecule is CCC(C)CN(CC)CC(=O)c1ccc(C)s1. The molecule has 1 heterocycles. The topological polar surface area (TPSA) is 20.3 Å². The summed E-state index contributed by atoms with van der Waals surface area (Å²) in [6, 6.07) is 3.96. The predicted molar refractivity (Wildman–Crippen MR) is 75.0 cm³/mol. The van der Waals surface area contributed by atoms with E-state index in [2.05, 4.69) is 25.7 Å². The molecule has 0 amide bonds. The first-order chi connectivity index (χ1) is 8.06. The van der Waals surface area contributed by atoms with Gasteiger partial charge in [-0.3, -0.25) is 9.69 Å². The van der Waals surface area contributed by atoms with Crippen LogP contribution in [0.1, 0.15) is 41.7 Å². The van der Waals surface area contributed by atoms with Crippen LogP contribution in [0.15, 0.2) is 12.1 Å². The van der Waals surface area contributed by atoms with Gasteiger partial charge in [0, 0.05) is 11.4 Å². The highest BCUT2D eigenvalue weighted by Gasteiger charge is 2.14. The highest BCUT2D eigenvalue weighted by atomic mass is 32.1. The fourth-order valence-corrected chi connectivity index (χ4v) is 2.54. The Morgan fingerprint density at radius 1 is 1.41 bits per heavy atom. The van der Waals surface area contributed by atoms with E-state index in [0.717, 1.165) is 18.0 Å². The molecule has 0 fully saturated rings. The number of nitrogens with zero attached hydrogens (tertiary/aromatic N) is 1. The van der Waals surface area contributed by atoms with Gasteiger partial charge in [-0.05, 0) is 31.5 Å². The number of aryl methyl sites for hydroxylation is 1. The molecule has 1 rings (SSSR count). The highest BCUT2D eigenvalue weighted by Crippen LogP contribution is 2.16. The Morgan fingerprint density at radius 3 is 2.59 bits per heavy atom. The Bertz CT molecular complexity index is 359. The second kappa shape index (κ2) is 6.92. The van der Waals surface area contributed by atoms with Gasteiger partial charge < -0.3 is 0 Å². The minimum absolute atomic E-state index is 0.258. The first kappa shape index (κ1) is 14.4. The van der Waals surface area contributed by atoms with Gasteiger partial charge in [0.25, 0.3) is 0 Å². The van der Waals surface area contributed by atoms with Crippen LogP contribution < -0.4 is 0 Å². The van der Waals surface area contributed by atoms with Crippen molar-refractivity contribution >= 4 is 17.1 Å². The minimum Gasteiger partial charge on any atom is -0.296 e. The average molecular weight is 253 g/mol. The molecule has 17 heavy (non-hydrogen) atoms. The fourth-order valence-electron chi connectivity index (χ4n) is 1.74. The first-order valence-corrected chi connectivity index (χ1v) is 7.20. The van der Waals surface area contributed by atoms with E-state index >= 15 is 0 Å². The van der Waals surface area contributed by atoms with Gasteiger partial charge in [0.05, 0.1) is 11.4 Å². The van der Waals surface area contributed by atoms with Gasteiger partial charge in [0.2, 0.25) is 0 Å². The molecule has 0 bridgehead atoms. The van der Waals surface area contributed by atoms with Crippen molar-refractivity contribution in [3.05, 3.63) is 21.9 Å². The van der Waals surface area contributed by atoms with Gasteiger partial charge >= 0.3 is 0 Å². The number of carbonyl (C=O) groups excluding carboxylic acids is 1. The van der Waals surface area contributed by atoms with Crippen molar-refractivity contribution in [2.24, 2.45) is 5.92 Å². The van der Waals surface area contributed by atoms with E-state index in [1.165, 1.54) is 11.3 Å². The molecule has 1 unspecified atom stereocenters. The van der Waals surface area contributed by atoms with Crippen molar-refractivity contribution in [2.45, 2.75) is 34.1 Å². The van der Waals surface area contributed by atoms with Crippen LogP contribution in [-0.2, 0) is 0 Å². The Kier molecular flexibility index (Phi) is 5.86. The Hall–Kier alpha value is -0.670. The summed E-state index contributed by atoms with van der Waals surface area (Å²) in [7, 11) is 0. The molecule has 0 spiro atoms. The zero-order chi connectivity index (χ0) is 12.8. The zero-order valence-electron chi connectivity index (χ0n) is 11.3. The molecule has 0 aliphatic heterocycles. The maximum Gasteiger partial charge on any atom is 0.186 e. The van der Waals surface area contributed by atoms with Crippen LogP contribution in [0, 0.1) is 12.8 Å². The minimum atomic E-state index is 0.258. The summed E-state index contributed by atoms with van der Waals surface area (Å²) in [6.45, 7) is 11.1. The summed E-state index contributed by atoms with van der Waals surface area (Å²) in [4.78, 5) is 16.4. The van der Waals surface area contributed by atoms with Gasteiger partial charge in [-0.1, -0.05) is 27.2 Å². The van der Waals surface area contributed by atoms with E-state index in [4.69, 9.17) is 0 Å². The number of likely N-dealkylation sites (N-methyl/N-ethyl adjacent to an activating group) is 1. The zero-order valence-corrected chi connectivity index (χ0v) is 12.1. The summed E-state index contributed by atoms with van der Waals surface area (Å²) in [5.41, 5.74) is 0. The standard InChI is InChI=1S/C14H23NOS/c1-5-11(3)9-15(6-2)10-13(16)14-8-7-12(4)17-14/h7-8,11H,5-6,9-10H2,1-4H3. The summed E-state index contributed by atoms with van der Waals surface area (Å²) in [6.07, 6.45) is 1.17. The highest BCUT2D eigenvalue weighted by molar-refractivity contribution is 7.14. The number of Topliss-reactive ketones (excluding diaryl/α,β-unsaturated/α-hetero) is 1. The molecule has 1 atom stereocenters. The Morgan fingerprint density at radius 2 is 2.12 bits per heavy atom. The summed E-state index contributed by atoms with van der Waals surface area (Å²) < 4.78 is 0. The van der Waals surface area contributed by atoms with Crippen LogP contribution in [0.4, 0.5) is 0 Å². The van der Waals surface area contributed by atoms with Crippen molar-refractivity contribution in [1.82, 2.24) is 4.90 Å². The van der Waals surface area contributed by atoms with Crippen molar-refractivity contribution in [3.8, 4) is 0 Å². The van der Waals surface area contributed by atoms with E-state index in [0.29, 0.717) is 12.5 Å². The summed E-state index contributed by atoms with van der Waals surface area (Å²) >= 11 is 1.60. The quantitative estimate of drug-likeness (QED) is 0.692. The molecule has 2 nitrogen and oxygen atoms in total. The van der Waals surface area contributed by atoms with Gasteiger partial charge in [-0.15, -0.1) is 11.3 Å². The lowest BCUT2D eigenvalue weighted by Gasteiger charge is -2.22. The number of rotatable bonds is 7. The number of hydrogen-bond donors (Lipinski definition) is 0. The molecule has 0 aromatic carbocycles.